The van der Waals surface area contributed by atoms with Gasteiger partial charge in [-0.05, 0) is 35.7 Å². The lowest BCUT2D eigenvalue weighted by atomic mass is 10.0. The van der Waals surface area contributed by atoms with Gasteiger partial charge in [0.25, 0.3) is 0 Å². The summed E-state index contributed by atoms with van der Waals surface area (Å²) in [6.45, 7) is 11.0. The molecule has 0 heterocycles. The molecule has 0 unspecified atom stereocenters. The van der Waals surface area contributed by atoms with Crippen LogP contribution in [0.15, 0.2) is 67.4 Å². The summed E-state index contributed by atoms with van der Waals surface area (Å²) in [4.78, 5) is 0. The molecule has 0 aliphatic carbocycles. The molecule has 22 heavy (non-hydrogen) atoms. The van der Waals surface area contributed by atoms with Crippen LogP contribution in [0.3, 0.4) is 0 Å². The third kappa shape index (κ3) is 3.75. The first kappa shape index (κ1) is 16.3. The maximum Gasteiger partial charge on any atom is 0.197 e. The molecule has 0 saturated carbocycles. The number of nitrogens with zero attached hydrogens (tertiary/aromatic N) is 1. The predicted octanol–water partition coefficient (Wildman–Crippen LogP) is 5.70. The van der Waals surface area contributed by atoms with Gasteiger partial charge in [-0.15, -0.1) is 0 Å². The zero-order valence-electron chi connectivity index (χ0n) is 12.9. The smallest absolute Gasteiger partial charge is 0.197 e. The highest BCUT2D eigenvalue weighted by Gasteiger charge is 2.06. The van der Waals surface area contributed by atoms with E-state index in [9.17, 15) is 0 Å². The van der Waals surface area contributed by atoms with E-state index in [4.69, 9.17) is 11.6 Å². The van der Waals surface area contributed by atoms with Crippen molar-refractivity contribution in [2.24, 2.45) is 0 Å². The van der Waals surface area contributed by atoms with Crippen molar-refractivity contribution in [1.82, 2.24) is 0 Å². The number of allylic oxidation sites excluding steroid dienone is 2. The molecule has 0 bridgehead atoms. The van der Waals surface area contributed by atoms with Gasteiger partial charge in [-0.2, -0.15) is 4.58 Å². The number of fused-ring (bicyclic) bond motifs is 1. The van der Waals surface area contributed by atoms with Crippen LogP contribution in [0.2, 0.25) is 5.02 Å². The molecule has 0 N–H and O–H groups in total. The Morgan fingerprint density at radius 1 is 1.18 bits per heavy atom. The Labute approximate surface area is 137 Å². The molecule has 0 radical (unpaired) electrons. The van der Waals surface area contributed by atoms with Crippen molar-refractivity contribution < 1.29 is 4.58 Å². The highest BCUT2D eigenvalue weighted by molar-refractivity contribution is 6.35. The summed E-state index contributed by atoms with van der Waals surface area (Å²) in [6, 6.07) is 12.1. The van der Waals surface area contributed by atoms with E-state index in [2.05, 4.69) is 36.8 Å². The second-order valence-electron chi connectivity index (χ2n) is 5.09. The molecule has 0 atom stereocenters. The Hall–Kier alpha value is -2.12. The van der Waals surface area contributed by atoms with Crippen molar-refractivity contribution in [2.45, 2.75) is 13.3 Å². The van der Waals surface area contributed by atoms with Gasteiger partial charge in [-0.1, -0.05) is 55.4 Å². The molecule has 2 aromatic carbocycles. The van der Waals surface area contributed by atoms with Crippen molar-refractivity contribution in [3.05, 3.63) is 78.0 Å². The molecular formula is C20H21ClN+. The fourth-order valence-corrected chi connectivity index (χ4v) is 2.62. The minimum atomic E-state index is 0.777. The zero-order chi connectivity index (χ0) is 15.9. The topological polar surface area (TPSA) is 3.01 Å². The summed E-state index contributed by atoms with van der Waals surface area (Å²) in [5, 5.41) is 2.99. The zero-order valence-corrected chi connectivity index (χ0v) is 13.7. The van der Waals surface area contributed by atoms with Gasteiger partial charge in [0.15, 0.2) is 11.9 Å². The van der Waals surface area contributed by atoms with E-state index < -0.39 is 0 Å². The minimum absolute atomic E-state index is 0.777. The third-order valence-electron chi connectivity index (χ3n) is 3.48. The summed E-state index contributed by atoms with van der Waals surface area (Å²) in [6.07, 6.45) is 8.91. The maximum absolute atomic E-state index is 6.26. The van der Waals surface area contributed by atoms with E-state index >= 15 is 0 Å². The summed E-state index contributed by atoms with van der Waals surface area (Å²) in [7, 11) is 0. The lowest BCUT2D eigenvalue weighted by Gasteiger charge is -2.04. The Balaban J connectivity index is 2.34. The van der Waals surface area contributed by atoms with Crippen LogP contribution < -0.4 is 0 Å². The Kier molecular flexibility index (Phi) is 5.74. The molecule has 2 rings (SSSR count). The van der Waals surface area contributed by atoms with E-state index in [1.807, 2.05) is 42.6 Å². The number of hydrogen-bond donors (Lipinski definition) is 0. The van der Waals surface area contributed by atoms with E-state index in [0.717, 1.165) is 40.0 Å². The fraction of sp³-hybridized carbons (Fsp3) is 0.150. The Morgan fingerprint density at radius 2 is 1.91 bits per heavy atom. The molecule has 0 spiro atoms. The highest BCUT2D eigenvalue weighted by Crippen LogP contribution is 2.27. The van der Waals surface area contributed by atoms with Gasteiger partial charge in [-0.3, -0.25) is 0 Å². The van der Waals surface area contributed by atoms with Crippen molar-refractivity contribution in [1.29, 1.82) is 0 Å². The molecule has 112 valence electrons. The molecule has 2 heteroatoms. The van der Waals surface area contributed by atoms with Gasteiger partial charge in [0.1, 0.15) is 6.54 Å². The molecule has 0 aliphatic heterocycles. The monoisotopic (exact) mass is 310 g/mol. The molecule has 0 aromatic heterocycles. The van der Waals surface area contributed by atoms with Crippen molar-refractivity contribution in [2.75, 3.05) is 6.54 Å². The lowest BCUT2D eigenvalue weighted by Crippen LogP contribution is -2.11. The average Bonchev–Trinajstić information content (AvgIpc) is 2.54. The first-order valence-electron chi connectivity index (χ1n) is 7.44. The van der Waals surface area contributed by atoms with E-state index in [1.54, 1.807) is 6.08 Å². The van der Waals surface area contributed by atoms with Crippen LogP contribution in [-0.2, 0) is 0 Å². The molecule has 0 fully saturated rings. The van der Waals surface area contributed by atoms with Gasteiger partial charge in [0, 0.05) is 22.9 Å². The normalized spacial score (nSPS) is 12.0. The SMILES string of the molecule is C=CC=[N+](CCC)C(=C)/C=C/c1ccc(Cl)c2ccccc12. The maximum atomic E-state index is 6.26. The summed E-state index contributed by atoms with van der Waals surface area (Å²) in [5.41, 5.74) is 2.08. The minimum Gasteiger partial charge on any atom is -0.199 e. The molecule has 2 aromatic rings. The van der Waals surface area contributed by atoms with Gasteiger partial charge < -0.3 is 0 Å². The predicted molar refractivity (Wildman–Crippen MR) is 98.8 cm³/mol. The summed E-state index contributed by atoms with van der Waals surface area (Å²) < 4.78 is 2.10. The van der Waals surface area contributed by atoms with Gasteiger partial charge >= 0.3 is 0 Å². The Morgan fingerprint density at radius 3 is 2.59 bits per heavy atom. The quantitative estimate of drug-likeness (QED) is 0.366. The number of benzene rings is 2. The first-order chi connectivity index (χ1) is 10.7. The molecule has 0 aliphatic rings. The number of hydrogen-bond acceptors (Lipinski definition) is 0. The largest absolute Gasteiger partial charge is 0.199 e. The Bertz CT molecular complexity index is 753. The molecule has 0 amide bonds. The van der Waals surface area contributed by atoms with Gasteiger partial charge in [0.05, 0.1) is 0 Å². The van der Waals surface area contributed by atoms with Crippen LogP contribution in [0, 0.1) is 0 Å². The lowest BCUT2D eigenvalue weighted by molar-refractivity contribution is -0.465. The molecular weight excluding hydrogens is 290 g/mol. The van der Waals surface area contributed by atoms with Crippen LogP contribution in [0.1, 0.15) is 18.9 Å². The second kappa shape index (κ2) is 7.77. The van der Waals surface area contributed by atoms with Crippen molar-refractivity contribution in [3.63, 3.8) is 0 Å². The van der Waals surface area contributed by atoms with Crippen LogP contribution in [-0.4, -0.2) is 17.3 Å². The van der Waals surface area contributed by atoms with Gasteiger partial charge in [0.2, 0.25) is 0 Å². The average molecular weight is 311 g/mol. The molecule has 1 nitrogen and oxygen atoms in total. The fourth-order valence-electron chi connectivity index (χ4n) is 2.39. The van der Waals surface area contributed by atoms with Crippen LogP contribution >= 0.6 is 11.6 Å². The van der Waals surface area contributed by atoms with Crippen LogP contribution in [0.25, 0.3) is 16.8 Å². The highest BCUT2D eigenvalue weighted by atomic mass is 35.5. The third-order valence-corrected chi connectivity index (χ3v) is 3.81. The van der Waals surface area contributed by atoms with E-state index in [1.165, 1.54) is 0 Å². The van der Waals surface area contributed by atoms with Crippen LogP contribution in [0.4, 0.5) is 0 Å². The van der Waals surface area contributed by atoms with Gasteiger partial charge in [-0.25, -0.2) is 0 Å². The van der Waals surface area contributed by atoms with E-state index in [0.29, 0.717) is 0 Å². The second-order valence-corrected chi connectivity index (χ2v) is 5.49. The van der Waals surface area contributed by atoms with E-state index in [-0.39, 0.29) is 0 Å². The number of halogens is 1. The van der Waals surface area contributed by atoms with Crippen molar-refractivity contribution in [3.8, 4) is 0 Å². The van der Waals surface area contributed by atoms with Crippen molar-refractivity contribution >= 4 is 34.7 Å². The standard InChI is InChI=1S/C20H21ClN/c1-4-14-22(15-5-2)16(3)10-11-17-12-13-20(21)19-9-7-6-8-18(17)19/h4,6-14H,1,3,5,15H2,2H3/q+1/b11-10+,22-14?. The first-order valence-corrected chi connectivity index (χ1v) is 7.82. The summed E-state index contributed by atoms with van der Waals surface area (Å²) in [5.74, 6) is 0. The van der Waals surface area contributed by atoms with Crippen LogP contribution in [0.5, 0.6) is 0 Å². The summed E-state index contributed by atoms with van der Waals surface area (Å²) >= 11 is 6.26. The molecule has 0 saturated heterocycles. The number of rotatable bonds is 6.